The van der Waals surface area contributed by atoms with E-state index in [1.165, 1.54) is 6.20 Å². The molecule has 1 rings (SSSR count). The Balaban J connectivity index is 2.88. The fourth-order valence-corrected chi connectivity index (χ4v) is 1.45. The number of aryl methyl sites for hydroxylation is 1. The minimum Gasteiger partial charge on any atom is -0.424 e. The lowest BCUT2D eigenvalue weighted by Gasteiger charge is -2.13. The number of nitrogens with zero attached hydrogens (tertiary/aromatic N) is 1. The van der Waals surface area contributed by atoms with E-state index in [0.29, 0.717) is 0 Å². The zero-order valence-electron chi connectivity index (χ0n) is 6.70. The minimum absolute atomic E-state index is 0.0801. The second-order valence-corrected chi connectivity index (χ2v) is 3.64. The predicted molar refractivity (Wildman–Crippen MR) is 42.5 cm³/mol. The van der Waals surface area contributed by atoms with Crippen molar-refractivity contribution >= 4 is 17.8 Å². The van der Waals surface area contributed by atoms with Crippen LogP contribution >= 0.6 is 11.3 Å². The highest BCUT2D eigenvalue weighted by Gasteiger charge is 2.30. The molecule has 1 heterocycles. The number of hydrogen-bond acceptors (Lipinski definition) is 4. The Morgan fingerprint density at radius 1 is 1.83 bits per heavy atom. The molecule has 1 aromatic rings. The van der Waals surface area contributed by atoms with E-state index in [1.807, 2.05) is 0 Å². The van der Waals surface area contributed by atoms with Crippen LogP contribution in [-0.2, 0) is 15.4 Å². The summed E-state index contributed by atoms with van der Waals surface area (Å²) >= 11 is 1.16. The Bertz CT molecular complexity index is 285. The van der Waals surface area contributed by atoms with E-state index < -0.39 is 5.85 Å². The molecule has 0 aromatic carbocycles. The number of carbonyl (C=O) groups excluding carboxylic acids is 1. The summed E-state index contributed by atoms with van der Waals surface area (Å²) < 4.78 is 17.6. The average molecular weight is 189 g/mol. The zero-order chi connectivity index (χ0) is 9.19. The molecular weight excluding hydrogens is 181 g/mol. The van der Waals surface area contributed by atoms with E-state index in [4.69, 9.17) is 0 Å². The van der Waals surface area contributed by atoms with Crippen LogP contribution in [0.15, 0.2) is 6.20 Å². The third-order valence-electron chi connectivity index (χ3n) is 1.27. The van der Waals surface area contributed by atoms with Gasteiger partial charge in [0, 0.05) is 18.0 Å². The van der Waals surface area contributed by atoms with Gasteiger partial charge in [-0.2, -0.15) is 4.39 Å². The summed E-state index contributed by atoms with van der Waals surface area (Å²) in [5, 5.41) is 0.159. The van der Waals surface area contributed by atoms with Gasteiger partial charge in [0.2, 0.25) is 0 Å². The number of ether oxygens (including phenoxy) is 1. The first kappa shape index (κ1) is 9.12. The summed E-state index contributed by atoms with van der Waals surface area (Å²) in [4.78, 5) is 14.6. The van der Waals surface area contributed by atoms with Crippen LogP contribution in [-0.4, -0.2) is 11.5 Å². The van der Waals surface area contributed by atoms with Gasteiger partial charge in [-0.15, -0.1) is 11.3 Å². The topological polar surface area (TPSA) is 39.2 Å². The summed E-state index contributed by atoms with van der Waals surface area (Å²) in [6, 6.07) is 0. The van der Waals surface area contributed by atoms with Gasteiger partial charge >= 0.3 is 0 Å². The Labute approximate surface area is 73.2 Å². The summed E-state index contributed by atoms with van der Waals surface area (Å²) in [5.41, 5.74) is 0. The fourth-order valence-electron chi connectivity index (χ4n) is 0.702. The monoisotopic (exact) mass is 189 g/mol. The maximum Gasteiger partial charge on any atom is 0.299 e. The van der Waals surface area contributed by atoms with Crippen molar-refractivity contribution in [3.05, 3.63) is 16.1 Å². The van der Waals surface area contributed by atoms with Crippen molar-refractivity contribution < 1.29 is 13.9 Å². The molecule has 12 heavy (non-hydrogen) atoms. The SMILES string of the molecule is Cc1cnc(C(C)(F)OC=O)s1. The second kappa shape index (κ2) is 3.18. The summed E-state index contributed by atoms with van der Waals surface area (Å²) in [6.45, 7) is 3.04. The van der Waals surface area contributed by atoms with Gasteiger partial charge in [0.05, 0.1) is 0 Å². The van der Waals surface area contributed by atoms with E-state index in [9.17, 15) is 9.18 Å². The number of rotatable bonds is 3. The Kier molecular flexibility index (Phi) is 2.42. The van der Waals surface area contributed by atoms with Gasteiger partial charge in [0.1, 0.15) is 0 Å². The Morgan fingerprint density at radius 2 is 2.50 bits per heavy atom. The molecule has 1 aromatic heterocycles. The van der Waals surface area contributed by atoms with Gasteiger partial charge in [0.15, 0.2) is 5.01 Å². The van der Waals surface area contributed by atoms with Crippen LogP contribution in [0.2, 0.25) is 0 Å². The van der Waals surface area contributed by atoms with Crippen LogP contribution in [0.1, 0.15) is 16.8 Å². The van der Waals surface area contributed by atoms with Crippen molar-refractivity contribution in [2.75, 3.05) is 0 Å². The molecule has 0 N–H and O–H groups in total. The highest BCUT2D eigenvalue weighted by Crippen LogP contribution is 2.29. The molecule has 3 nitrogen and oxygen atoms in total. The first-order valence-corrected chi connectivity index (χ1v) is 4.11. The van der Waals surface area contributed by atoms with Crippen molar-refractivity contribution in [3.8, 4) is 0 Å². The van der Waals surface area contributed by atoms with E-state index in [2.05, 4.69) is 9.72 Å². The number of thiazole rings is 1. The van der Waals surface area contributed by atoms with E-state index in [1.54, 1.807) is 6.92 Å². The first-order chi connectivity index (χ1) is 5.56. The quantitative estimate of drug-likeness (QED) is 0.680. The van der Waals surface area contributed by atoms with Gasteiger partial charge in [-0.25, -0.2) is 4.98 Å². The maximum atomic E-state index is 13.3. The molecule has 0 radical (unpaired) electrons. The summed E-state index contributed by atoms with van der Waals surface area (Å²) in [6.07, 6.45) is 1.53. The van der Waals surface area contributed by atoms with Crippen molar-refractivity contribution in [3.63, 3.8) is 0 Å². The number of hydrogen-bond donors (Lipinski definition) is 0. The van der Waals surface area contributed by atoms with Gasteiger partial charge in [-0.1, -0.05) is 0 Å². The molecule has 0 saturated heterocycles. The fraction of sp³-hybridized carbons (Fsp3) is 0.429. The molecule has 1 atom stereocenters. The van der Waals surface area contributed by atoms with E-state index >= 15 is 0 Å². The highest BCUT2D eigenvalue weighted by molar-refractivity contribution is 7.11. The highest BCUT2D eigenvalue weighted by atomic mass is 32.1. The second-order valence-electron chi connectivity index (χ2n) is 2.41. The number of carbonyl (C=O) groups is 1. The predicted octanol–water partition coefficient (Wildman–Crippen LogP) is 1.77. The van der Waals surface area contributed by atoms with Gasteiger partial charge in [-0.3, -0.25) is 4.79 Å². The Morgan fingerprint density at radius 3 is 2.92 bits per heavy atom. The maximum absolute atomic E-state index is 13.3. The van der Waals surface area contributed by atoms with Crippen LogP contribution in [0.4, 0.5) is 4.39 Å². The normalized spacial score (nSPS) is 15.2. The number of alkyl halides is 1. The third-order valence-corrected chi connectivity index (χ3v) is 2.36. The van der Waals surface area contributed by atoms with Crippen molar-refractivity contribution in [2.45, 2.75) is 19.7 Å². The lowest BCUT2D eigenvalue weighted by molar-refractivity contribution is -0.164. The van der Waals surface area contributed by atoms with Crippen LogP contribution in [0, 0.1) is 6.92 Å². The van der Waals surface area contributed by atoms with Gasteiger partial charge in [-0.05, 0) is 6.92 Å². The average Bonchev–Trinajstić information content (AvgIpc) is 2.36. The standard InChI is InChI=1S/C7H8FNO2S/c1-5-3-9-6(12-5)7(2,8)11-4-10/h3-4H,1-2H3. The molecule has 66 valence electrons. The van der Waals surface area contributed by atoms with Gasteiger partial charge < -0.3 is 4.74 Å². The van der Waals surface area contributed by atoms with E-state index in [0.717, 1.165) is 23.1 Å². The molecule has 5 heteroatoms. The molecule has 0 aliphatic rings. The summed E-state index contributed by atoms with van der Waals surface area (Å²) in [5.74, 6) is -2.10. The van der Waals surface area contributed by atoms with E-state index in [-0.39, 0.29) is 11.5 Å². The molecule has 0 amide bonds. The largest absolute Gasteiger partial charge is 0.424 e. The number of halogens is 1. The molecule has 0 bridgehead atoms. The smallest absolute Gasteiger partial charge is 0.299 e. The molecule has 0 aliphatic carbocycles. The van der Waals surface area contributed by atoms with Crippen molar-refractivity contribution in [2.24, 2.45) is 0 Å². The molecule has 0 fully saturated rings. The van der Waals surface area contributed by atoms with Gasteiger partial charge in [0.25, 0.3) is 12.3 Å². The lowest BCUT2D eigenvalue weighted by atomic mass is 10.4. The van der Waals surface area contributed by atoms with Crippen LogP contribution < -0.4 is 0 Å². The van der Waals surface area contributed by atoms with Crippen LogP contribution in [0.3, 0.4) is 0 Å². The molecule has 1 unspecified atom stereocenters. The molecule has 0 saturated carbocycles. The van der Waals surface area contributed by atoms with Crippen molar-refractivity contribution in [1.82, 2.24) is 4.98 Å². The van der Waals surface area contributed by atoms with Crippen LogP contribution in [0.5, 0.6) is 0 Å². The molecule has 0 aliphatic heterocycles. The summed E-state index contributed by atoms with van der Waals surface area (Å²) in [7, 11) is 0. The molecular formula is C7H8FNO2S. The van der Waals surface area contributed by atoms with Crippen LogP contribution in [0.25, 0.3) is 0 Å². The first-order valence-electron chi connectivity index (χ1n) is 3.29. The zero-order valence-corrected chi connectivity index (χ0v) is 7.52. The lowest BCUT2D eigenvalue weighted by Crippen LogP contribution is -2.18. The number of aromatic nitrogens is 1. The molecule has 0 spiro atoms. The third kappa shape index (κ3) is 1.79. The Hall–Kier alpha value is -0.970. The minimum atomic E-state index is -2.10. The van der Waals surface area contributed by atoms with Crippen molar-refractivity contribution in [1.29, 1.82) is 0 Å².